The molecule has 0 aromatic rings. The maximum atomic E-state index is 9.96. The fourth-order valence-electron chi connectivity index (χ4n) is 4.27. The molecule has 0 saturated heterocycles. The molecule has 2 N–H and O–H groups in total. The van der Waals surface area contributed by atoms with E-state index in [4.69, 9.17) is 0 Å². The van der Waals surface area contributed by atoms with Gasteiger partial charge in [0.1, 0.15) is 0 Å². The molecule has 2 saturated carbocycles. The molecule has 0 aliphatic heterocycles. The molecule has 20 heavy (non-hydrogen) atoms. The van der Waals surface area contributed by atoms with E-state index in [1.165, 1.54) is 51.4 Å². The molecule has 0 amide bonds. The van der Waals surface area contributed by atoms with Crippen molar-refractivity contribution in [2.75, 3.05) is 6.61 Å². The summed E-state index contributed by atoms with van der Waals surface area (Å²) < 4.78 is 0. The second-order valence-electron chi connectivity index (χ2n) is 8.03. The van der Waals surface area contributed by atoms with Crippen molar-refractivity contribution in [2.45, 2.75) is 96.6 Å². The fraction of sp³-hybridized carbons (Fsp3) is 1.00. The van der Waals surface area contributed by atoms with Crippen LogP contribution in [0.25, 0.3) is 0 Å². The lowest BCUT2D eigenvalue weighted by atomic mass is 9.65. The van der Waals surface area contributed by atoms with Gasteiger partial charge in [-0.15, -0.1) is 0 Å². The molecule has 2 aliphatic carbocycles. The van der Waals surface area contributed by atoms with Crippen molar-refractivity contribution in [3.8, 4) is 0 Å². The number of hydrogen-bond donors (Lipinski definition) is 2. The third-order valence-corrected chi connectivity index (χ3v) is 6.38. The Kier molecular flexibility index (Phi) is 5.53. The Balaban J connectivity index is 1.90. The van der Waals surface area contributed by atoms with Gasteiger partial charge in [-0.1, -0.05) is 46.5 Å². The molecule has 0 heterocycles. The zero-order valence-corrected chi connectivity index (χ0v) is 13.9. The predicted octanol–water partition coefficient (Wildman–Crippen LogP) is 4.27. The van der Waals surface area contributed by atoms with Gasteiger partial charge < -0.3 is 10.4 Å². The quantitative estimate of drug-likeness (QED) is 0.789. The van der Waals surface area contributed by atoms with E-state index in [0.29, 0.717) is 18.1 Å². The maximum absolute atomic E-state index is 9.96. The number of hydrogen-bond acceptors (Lipinski definition) is 2. The third-order valence-electron chi connectivity index (χ3n) is 6.38. The molecule has 2 rings (SSSR count). The second-order valence-corrected chi connectivity index (χ2v) is 8.03. The van der Waals surface area contributed by atoms with Crippen LogP contribution in [0.3, 0.4) is 0 Å². The van der Waals surface area contributed by atoms with Crippen molar-refractivity contribution in [2.24, 2.45) is 11.3 Å². The molecule has 0 aromatic heterocycles. The number of aliphatic hydroxyl groups is 1. The second kappa shape index (κ2) is 6.79. The monoisotopic (exact) mass is 281 g/mol. The summed E-state index contributed by atoms with van der Waals surface area (Å²) in [7, 11) is 0. The molecular weight excluding hydrogens is 246 g/mol. The van der Waals surface area contributed by atoms with E-state index >= 15 is 0 Å². The van der Waals surface area contributed by atoms with Gasteiger partial charge >= 0.3 is 0 Å². The van der Waals surface area contributed by atoms with Gasteiger partial charge in [0.25, 0.3) is 0 Å². The number of nitrogens with one attached hydrogen (secondary N) is 1. The van der Waals surface area contributed by atoms with E-state index in [0.717, 1.165) is 18.8 Å². The van der Waals surface area contributed by atoms with E-state index in [9.17, 15) is 5.11 Å². The van der Waals surface area contributed by atoms with Crippen LogP contribution < -0.4 is 5.32 Å². The van der Waals surface area contributed by atoms with Gasteiger partial charge in [0.05, 0.1) is 6.61 Å². The van der Waals surface area contributed by atoms with E-state index in [-0.39, 0.29) is 5.54 Å². The van der Waals surface area contributed by atoms with Gasteiger partial charge in [-0.05, 0) is 49.9 Å². The van der Waals surface area contributed by atoms with Crippen LogP contribution >= 0.6 is 0 Å². The van der Waals surface area contributed by atoms with Crippen LogP contribution in [-0.4, -0.2) is 23.3 Å². The van der Waals surface area contributed by atoms with Crippen molar-refractivity contribution >= 4 is 0 Å². The average molecular weight is 281 g/mol. The summed E-state index contributed by atoms with van der Waals surface area (Å²) in [5.41, 5.74) is 0.495. The molecule has 2 aliphatic rings. The van der Waals surface area contributed by atoms with E-state index in [2.05, 4.69) is 26.1 Å². The Morgan fingerprint density at radius 3 is 2.15 bits per heavy atom. The van der Waals surface area contributed by atoms with Gasteiger partial charge in [0.15, 0.2) is 0 Å². The minimum atomic E-state index is 0.0301. The summed E-state index contributed by atoms with van der Waals surface area (Å²) >= 11 is 0. The number of aliphatic hydroxyl groups excluding tert-OH is 1. The smallest absolute Gasteiger partial charge is 0.0613 e. The minimum absolute atomic E-state index is 0.0301. The zero-order chi connectivity index (χ0) is 14.6. The van der Waals surface area contributed by atoms with Gasteiger partial charge in [-0.3, -0.25) is 0 Å². The highest BCUT2D eigenvalue weighted by Gasteiger charge is 2.40. The van der Waals surface area contributed by atoms with Crippen LogP contribution in [0.2, 0.25) is 0 Å². The summed E-state index contributed by atoms with van der Waals surface area (Å²) in [4.78, 5) is 0. The van der Waals surface area contributed by atoms with Crippen molar-refractivity contribution in [1.29, 1.82) is 0 Å². The molecule has 0 unspecified atom stereocenters. The Morgan fingerprint density at radius 2 is 1.65 bits per heavy atom. The normalized spacial score (nSPS) is 33.3. The van der Waals surface area contributed by atoms with Crippen molar-refractivity contribution in [3.05, 3.63) is 0 Å². The van der Waals surface area contributed by atoms with Crippen LogP contribution in [0.5, 0.6) is 0 Å². The van der Waals surface area contributed by atoms with Gasteiger partial charge in [0.2, 0.25) is 0 Å². The van der Waals surface area contributed by atoms with Crippen LogP contribution in [0.4, 0.5) is 0 Å². The molecule has 2 nitrogen and oxygen atoms in total. The van der Waals surface area contributed by atoms with Crippen molar-refractivity contribution in [3.63, 3.8) is 0 Å². The Bertz CT molecular complexity index is 286. The first-order chi connectivity index (χ1) is 9.51. The molecule has 118 valence electrons. The first-order valence-corrected chi connectivity index (χ1v) is 8.90. The number of rotatable bonds is 5. The molecule has 0 bridgehead atoms. The SMILES string of the molecule is CCC(C)(C)C1CCC(CO)(NC2CCCCC2)CC1. The van der Waals surface area contributed by atoms with Crippen LogP contribution in [0.1, 0.15) is 85.0 Å². The standard InChI is InChI=1S/C18H35NO/c1-4-17(2,3)15-10-12-18(14-20,13-11-15)19-16-8-6-5-7-9-16/h15-16,19-20H,4-14H2,1-3H3. The lowest BCUT2D eigenvalue weighted by Gasteiger charge is -2.46. The molecule has 0 atom stereocenters. The fourth-order valence-corrected chi connectivity index (χ4v) is 4.27. The molecular formula is C18H35NO. The third kappa shape index (κ3) is 3.76. The first-order valence-electron chi connectivity index (χ1n) is 8.90. The highest BCUT2D eigenvalue weighted by molar-refractivity contribution is 4.97. The van der Waals surface area contributed by atoms with E-state index < -0.39 is 0 Å². The lowest BCUT2D eigenvalue weighted by molar-refractivity contribution is 0.0503. The Hall–Kier alpha value is -0.0800. The molecule has 2 heteroatoms. The first kappa shape index (κ1) is 16.3. The summed E-state index contributed by atoms with van der Waals surface area (Å²) in [6, 6.07) is 0.659. The largest absolute Gasteiger partial charge is 0.394 e. The van der Waals surface area contributed by atoms with Crippen LogP contribution in [0, 0.1) is 11.3 Å². The highest BCUT2D eigenvalue weighted by Crippen LogP contribution is 2.43. The van der Waals surface area contributed by atoms with Crippen molar-refractivity contribution < 1.29 is 5.11 Å². The summed E-state index contributed by atoms with van der Waals surface area (Å²) in [6.45, 7) is 7.47. The zero-order valence-electron chi connectivity index (χ0n) is 13.9. The summed E-state index contributed by atoms with van der Waals surface area (Å²) in [5.74, 6) is 0.834. The topological polar surface area (TPSA) is 32.3 Å². The van der Waals surface area contributed by atoms with Crippen LogP contribution in [-0.2, 0) is 0 Å². The Morgan fingerprint density at radius 1 is 1.05 bits per heavy atom. The van der Waals surface area contributed by atoms with Gasteiger partial charge in [-0.25, -0.2) is 0 Å². The van der Waals surface area contributed by atoms with Crippen LogP contribution in [0.15, 0.2) is 0 Å². The van der Waals surface area contributed by atoms with Crippen molar-refractivity contribution in [1.82, 2.24) is 5.32 Å². The van der Waals surface area contributed by atoms with Gasteiger partial charge in [-0.2, -0.15) is 0 Å². The maximum Gasteiger partial charge on any atom is 0.0613 e. The minimum Gasteiger partial charge on any atom is -0.394 e. The molecule has 2 fully saturated rings. The lowest BCUT2D eigenvalue weighted by Crippen LogP contribution is -2.56. The van der Waals surface area contributed by atoms with E-state index in [1.54, 1.807) is 0 Å². The molecule has 0 radical (unpaired) electrons. The van der Waals surface area contributed by atoms with Gasteiger partial charge in [0, 0.05) is 11.6 Å². The predicted molar refractivity (Wildman–Crippen MR) is 85.9 cm³/mol. The molecule has 0 aromatic carbocycles. The summed E-state index contributed by atoms with van der Waals surface area (Å²) in [5, 5.41) is 13.8. The highest BCUT2D eigenvalue weighted by atomic mass is 16.3. The van der Waals surface area contributed by atoms with E-state index in [1.807, 2.05) is 0 Å². The average Bonchev–Trinajstić information content (AvgIpc) is 2.49. The molecule has 0 spiro atoms. The summed E-state index contributed by atoms with van der Waals surface area (Å²) in [6.07, 6.45) is 12.9. The Labute approximate surface area is 125 Å².